The Morgan fingerprint density at radius 1 is 1.16 bits per heavy atom. The van der Waals surface area contributed by atoms with E-state index in [1.807, 2.05) is 0 Å². The van der Waals surface area contributed by atoms with Gasteiger partial charge in [-0.2, -0.15) is 0 Å². The molecule has 1 aliphatic carbocycles. The van der Waals surface area contributed by atoms with E-state index < -0.39 is 11.2 Å². The van der Waals surface area contributed by atoms with E-state index in [2.05, 4.69) is 4.98 Å². The summed E-state index contributed by atoms with van der Waals surface area (Å²) in [5, 5.41) is 0. The van der Waals surface area contributed by atoms with E-state index >= 15 is 0 Å². The van der Waals surface area contributed by atoms with Crippen LogP contribution in [-0.4, -0.2) is 42.1 Å². The predicted octanol–water partition coefficient (Wildman–Crippen LogP) is 1.59. The summed E-state index contributed by atoms with van der Waals surface area (Å²) in [7, 11) is 3.22. The number of halogens is 1. The van der Waals surface area contributed by atoms with Crippen LogP contribution in [0.5, 0.6) is 0 Å². The average Bonchev–Trinajstić information content (AvgIpc) is 3.41. The van der Waals surface area contributed by atoms with Crippen molar-refractivity contribution in [2.45, 2.75) is 44.7 Å². The van der Waals surface area contributed by atoms with Crippen molar-refractivity contribution in [3.63, 3.8) is 0 Å². The van der Waals surface area contributed by atoms with E-state index in [9.17, 15) is 18.8 Å². The molecule has 164 valence electrons. The SMILES string of the molecule is Cn1cnc2c1c(=O)n(CC(=O)N(CCc1ccc(F)cc1)C1CCCC1)c(=O)n2C. The number of rotatable bonds is 6. The van der Waals surface area contributed by atoms with Crippen molar-refractivity contribution < 1.29 is 9.18 Å². The second kappa shape index (κ2) is 8.49. The summed E-state index contributed by atoms with van der Waals surface area (Å²) in [6, 6.07) is 6.33. The Morgan fingerprint density at radius 2 is 1.84 bits per heavy atom. The Hall–Kier alpha value is -3.23. The molecule has 4 rings (SSSR count). The molecule has 0 unspecified atom stereocenters. The topological polar surface area (TPSA) is 82.1 Å². The molecule has 1 aliphatic rings. The van der Waals surface area contributed by atoms with Crippen molar-refractivity contribution in [1.29, 1.82) is 0 Å². The minimum absolute atomic E-state index is 0.0907. The van der Waals surface area contributed by atoms with Crippen molar-refractivity contribution in [2.24, 2.45) is 14.1 Å². The van der Waals surface area contributed by atoms with Crippen LogP contribution in [0.4, 0.5) is 4.39 Å². The number of aryl methyl sites for hydroxylation is 2. The van der Waals surface area contributed by atoms with Crippen LogP contribution in [0.3, 0.4) is 0 Å². The molecule has 1 saturated carbocycles. The summed E-state index contributed by atoms with van der Waals surface area (Å²) < 4.78 is 17.0. The molecule has 1 aromatic carbocycles. The van der Waals surface area contributed by atoms with E-state index in [0.717, 1.165) is 35.8 Å². The summed E-state index contributed by atoms with van der Waals surface area (Å²) in [6.45, 7) is 0.144. The van der Waals surface area contributed by atoms with Crippen molar-refractivity contribution in [1.82, 2.24) is 23.6 Å². The summed E-state index contributed by atoms with van der Waals surface area (Å²) in [5.74, 6) is -0.553. The lowest BCUT2D eigenvalue weighted by molar-refractivity contribution is -0.134. The first kappa shape index (κ1) is 21.0. The van der Waals surface area contributed by atoms with Crippen LogP contribution in [0.1, 0.15) is 31.2 Å². The first-order valence-corrected chi connectivity index (χ1v) is 10.5. The fourth-order valence-electron chi connectivity index (χ4n) is 4.39. The Labute approximate surface area is 178 Å². The molecule has 0 N–H and O–H groups in total. The molecular weight excluding hydrogens is 401 g/mol. The molecule has 0 aliphatic heterocycles. The number of carbonyl (C=O) groups excluding carboxylic acids is 1. The zero-order valence-corrected chi connectivity index (χ0v) is 17.8. The molecule has 0 bridgehead atoms. The van der Waals surface area contributed by atoms with Crippen LogP contribution in [0.25, 0.3) is 11.2 Å². The molecule has 0 atom stereocenters. The molecule has 0 radical (unpaired) electrons. The smallest absolute Gasteiger partial charge is 0.332 e. The van der Waals surface area contributed by atoms with E-state index in [1.54, 1.807) is 35.7 Å². The van der Waals surface area contributed by atoms with Gasteiger partial charge in [0.2, 0.25) is 5.91 Å². The van der Waals surface area contributed by atoms with Crippen molar-refractivity contribution in [3.8, 4) is 0 Å². The van der Waals surface area contributed by atoms with E-state index in [1.165, 1.54) is 23.0 Å². The predicted molar refractivity (Wildman–Crippen MR) is 114 cm³/mol. The highest BCUT2D eigenvalue weighted by Gasteiger charge is 2.28. The van der Waals surface area contributed by atoms with Gasteiger partial charge in [-0.25, -0.2) is 18.7 Å². The number of imidazole rings is 1. The Morgan fingerprint density at radius 3 is 2.52 bits per heavy atom. The zero-order valence-electron chi connectivity index (χ0n) is 17.8. The van der Waals surface area contributed by atoms with Gasteiger partial charge in [0.05, 0.1) is 6.33 Å². The molecule has 31 heavy (non-hydrogen) atoms. The third-order valence-corrected chi connectivity index (χ3v) is 6.13. The maximum absolute atomic E-state index is 13.3. The number of hydrogen-bond acceptors (Lipinski definition) is 4. The number of fused-ring (bicyclic) bond motifs is 1. The molecule has 3 aromatic rings. The van der Waals surface area contributed by atoms with Gasteiger partial charge >= 0.3 is 5.69 Å². The minimum atomic E-state index is -0.561. The second-order valence-corrected chi connectivity index (χ2v) is 8.16. The normalized spacial score (nSPS) is 14.4. The number of amides is 1. The average molecular weight is 427 g/mol. The van der Waals surface area contributed by atoms with Crippen LogP contribution in [0.15, 0.2) is 40.2 Å². The quantitative estimate of drug-likeness (QED) is 0.598. The number of carbonyl (C=O) groups is 1. The molecule has 9 heteroatoms. The summed E-state index contributed by atoms with van der Waals surface area (Å²) in [4.78, 5) is 44.9. The fraction of sp³-hybridized carbons (Fsp3) is 0.455. The number of nitrogens with zero attached hydrogens (tertiary/aromatic N) is 5. The maximum atomic E-state index is 13.3. The Bertz CT molecular complexity index is 1220. The lowest BCUT2D eigenvalue weighted by Crippen LogP contribution is -2.47. The van der Waals surface area contributed by atoms with Crippen LogP contribution < -0.4 is 11.2 Å². The summed E-state index contributed by atoms with van der Waals surface area (Å²) in [6.07, 6.45) is 5.97. The largest absolute Gasteiger partial charge is 0.338 e. The lowest BCUT2D eigenvalue weighted by atomic mass is 10.1. The lowest BCUT2D eigenvalue weighted by Gasteiger charge is -2.29. The van der Waals surface area contributed by atoms with Crippen molar-refractivity contribution in [3.05, 3.63) is 62.8 Å². The van der Waals surface area contributed by atoms with Gasteiger partial charge in [0.25, 0.3) is 5.56 Å². The summed E-state index contributed by atoms with van der Waals surface area (Å²) >= 11 is 0. The Kier molecular flexibility index (Phi) is 5.75. The van der Waals surface area contributed by atoms with Gasteiger partial charge in [-0.3, -0.25) is 14.2 Å². The molecule has 0 saturated heterocycles. The van der Waals surface area contributed by atoms with Gasteiger partial charge in [-0.15, -0.1) is 0 Å². The minimum Gasteiger partial charge on any atom is -0.338 e. The number of aromatic nitrogens is 4. The molecule has 2 aromatic heterocycles. The maximum Gasteiger partial charge on any atom is 0.332 e. The highest BCUT2D eigenvalue weighted by atomic mass is 19.1. The standard InChI is InChI=1S/C22H26FN5O3/c1-25-14-24-20-19(25)21(30)28(22(31)26(20)2)13-18(29)27(17-5-3-4-6-17)12-11-15-7-9-16(23)10-8-15/h7-10,14,17H,3-6,11-13H2,1-2H3. The summed E-state index contributed by atoms with van der Waals surface area (Å²) in [5.41, 5.74) is 0.436. The van der Waals surface area contributed by atoms with Crippen LogP contribution >= 0.6 is 0 Å². The van der Waals surface area contributed by atoms with Crippen LogP contribution in [0, 0.1) is 5.82 Å². The Balaban J connectivity index is 1.61. The first-order valence-electron chi connectivity index (χ1n) is 10.5. The van der Waals surface area contributed by atoms with Gasteiger partial charge in [0, 0.05) is 26.7 Å². The van der Waals surface area contributed by atoms with Gasteiger partial charge in [0.1, 0.15) is 12.4 Å². The van der Waals surface area contributed by atoms with Gasteiger partial charge in [-0.1, -0.05) is 25.0 Å². The number of hydrogen-bond donors (Lipinski definition) is 0. The van der Waals surface area contributed by atoms with Gasteiger partial charge in [0.15, 0.2) is 11.2 Å². The fourth-order valence-corrected chi connectivity index (χ4v) is 4.39. The molecular formula is C22H26FN5O3. The molecule has 8 nitrogen and oxygen atoms in total. The van der Waals surface area contributed by atoms with Crippen molar-refractivity contribution >= 4 is 17.1 Å². The first-order chi connectivity index (χ1) is 14.9. The highest BCUT2D eigenvalue weighted by molar-refractivity contribution is 5.77. The molecule has 1 fully saturated rings. The number of benzene rings is 1. The molecule has 0 spiro atoms. The zero-order chi connectivity index (χ0) is 22.1. The van der Waals surface area contributed by atoms with E-state index in [-0.39, 0.29) is 29.8 Å². The van der Waals surface area contributed by atoms with Gasteiger partial charge < -0.3 is 9.47 Å². The van der Waals surface area contributed by atoms with Crippen LogP contribution in [0.2, 0.25) is 0 Å². The van der Waals surface area contributed by atoms with Gasteiger partial charge in [-0.05, 0) is 37.0 Å². The molecule has 2 heterocycles. The highest BCUT2D eigenvalue weighted by Crippen LogP contribution is 2.24. The monoisotopic (exact) mass is 427 g/mol. The second-order valence-electron chi connectivity index (χ2n) is 8.16. The molecule has 1 amide bonds. The third kappa shape index (κ3) is 4.04. The van der Waals surface area contributed by atoms with E-state index in [0.29, 0.717) is 18.6 Å². The van der Waals surface area contributed by atoms with E-state index in [4.69, 9.17) is 0 Å². The third-order valence-electron chi connectivity index (χ3n) is 6.13. The van der Waals surface area contributed by atoms with Crippen LogP contribution in [-0.2, 0) is 31.9 Å². The van der Waals surface area contributed by atoms with Crippen molar-refractivity contribution in [2.75, 3.05) is 6.54 Å².